The lowest BCUT2D eigenvalue weighted by Gasteiger charge is -2.28. The molecule has 1 atom stereocenters. The number of carbonyl (C=O) groups excluding carboxylic acids is 1. The Morgan fingerprint density at radius 3 is 2.61 bits per heavy atom. The van der Waals surface area contributed by atoms with Gasteiger partial charge < -0.3 is 9.64 Å². The largest absolute Gasteiger partial charge is 0.465 e. The van der Waals surface area contributed by atoms with Gasteiger partial charge in [-0.05, 0) is 109 Å². The fourth-order valence-electron chi connectivity index (χ4n) is 5.21. The second-order valence-corrected chi connectivity index (χ2v) is 9.46. The number of carbonyl (C=O) groups is 1. The van der Waals surface area contributed by atoms with E-state index in [1.54, 1.807) is 12.3 Å². The summed E-state index contributed by atoms with van der Waals surface area (Å²) in [6.45, 7) is 0. The highest BCUT2D eigenvalue weighted by atomic mass is 16.5. The lowest BCUT2D eigenvalue weighted by molar-refractivity contribution is 0.0599. The van der Waals surface area contributed by atoms with E-state index in [0.717, 1.165) is 30.7 Å². The number of aryl methyl sites for hydroxylation is 2. The van der Waals surface area contributed by atoms with Crippen LogP contribution in [0.25, 0.3) is 0 Å². The van der Waals surface area contributed by atoms with Gasteiger partial charge in [0, 0.05) is 30.8 Å². The van der Waals surface area contributed by atoms with Crippen molar-refractivity contribution in [3.8, 4) is 0 Å². The Hall–Kier alpha value is -3.14. The number of hydrogen-bond acceptors (Lipinski definition) is 4. The van der Waals surface area contributed by atoms with Crippen LogP contribution >= 0.6 is 0 Å². The SMILES string of the molecule is COC(=O)c1ccncc1CC[C@@H]1CCCc2cc(N(C)c3ccc(C4CC4)cc3)ccc21. The van der Waals surface area contributed by atoms with Gasteiger partial charge in [0.25, 0.3) is 0 Å². The molecular formula is C29H32N2O2. The summed E-state index contributed by atoms with van der Waals surface area (Å²) in [5, 5.41) is 0. The van der Waals surface area contributed by atoms with E-state index in [1.807, 2.05) is 6.20 Å². The minimum atomic E-state index is -0.283. The molecule has 1 heterocycles. The van der Waals surface area contributed by atoms with Gasteiger partial charge >= 0.3 is 5.97 Å². The van der Waals surface area contributed by atoms with Crippen molar-refractivity contribution in [2.45, 2.75) is 56.8 Å². The van der Waals surface area contributed by atoms with Gasteiger partial charge in [-0.25, -0.2) is 4.79 Å². The van der Waals surface area contributed by atoms with Gasteiger partial charge in [0.05, 0.1) is 12.7 Å². The van der Waals surface area contributed by atoms with Crippen molar-refractivity contribution in [2.24, 2.45) is 0 Å². The molecule has 33 heavy (non-hydrogen) atoms. The van der Waals surface area contributed by atoms with Crippen molar-refractivity contribution in [3.05, 3.63) is 88.7 Å². The van der Waals surface area contributed by atoms with Crippen molar-refractivity contribution in [1.29, 1.82) is 0 Å². The standard InChI is InChI=1S/C29H32N2O2/c1-31(25-12-10-21(11-13-25)20-6-7-20)26-14-15-27-22(4-3-5-23(27)18-26)8-9-24-19-30-17-16-28(24)29(32)33-2/h10-20,22H,3-9H2,1-2H3/t22-/m0/s1. The first-order chi connectivity index (χ1) is 16.1. The molecule has 0 amide bonds. The zero-order valence-corrected chi connectivity index (χ0v) is 19.6. The van der Waals surface area contributed by atoms with E-state index in [9.17, 15) is 4.79 Å². The maximum absolute atomic E-state index is 12.1. The maximum Gasteiger partial charge on any atom is 0.338 e. The number of aromatic nitrogens is 1. The summed E-state index contributed by atoms with van der Waals surface area (Å²) in [5.41, 5.74) is 8.49. The van der Waals surface area contributed by atoms with Crippen LogP contribution in [0.15, 0.2) is 60.9 Å². The number of nitrogens with zero attached hydrogens (tertiary/aromatic N) is 2. The van der Waals surface area contributed by atoms with E-state index in [-0.39, 0.29) is 5.97 Å². The van der Waals surface area contributed by atoms with Gasteiger partial charge in [-0.3, -0.25) is 4.98 Å². The van der Waals surface area contributed by atoms with E-state index in [2.05, 4.69) is 59.4 Å². The topological polar surface area (TPSA) is 42.4 Å². The monoisotopic (exact) mass is 440 g/mol. The van der Waals surface area contributed by atoms with Crippen LogP contribution in [0, 0.1) is 0 Å². The van der Waals surface area contributed by atoms with Gasteiger partial charge in [0.2, 0.25) is 0 Å². The third-order valence-corrected chi connectivity index (χ3v) is 7.35. The quantitative estimate of drug-likeness (QED) is 0.390. The molecule has 5 rings (SSSR count). The number of hydrogen-bond donors (Lipinski definition) is 0. The first kappa shape index (κ1) is 21.7. The van der Waals surface area contributed by atoms with Gasteiger partial charge in [0.1, 0.15) is 0 Å². The number of anilines is 2. The van der Waals surface area contributed by atoms with Crippen molar-refractivity contribution in [1.82, 2.24) is 4.98 Å². The van der Waals surface area contributed by atoms with Crippen LogP contribution in [0.5, 0.6) is 0 Å². The van der Waals surface area contributed by atoms with Crippen LogP contribution in [0.2, 0.25) is 0 Å². The molecule has 4 heteroatoms. The van der Waals surface area contributed by atoms with Crippen molar-refractivity contribution < 1.29 is 9.53 Å². The van der Waals surface area contributed by atoms with E-state index in [4.69, 9.17) is 4.74 Å². The summed E-state index contributed by atoms with van der Waals surface area (Å²) in [5.74, 6) is 1.02. The number of fused-ring (bicyclic) bond motifs is 1. The molecule has 0 bridgehead atoms. The molecule has 0 radical (unpaired) electrons. The number of pyridine rings is 1. The molecular weight excluding hydrogens is 408 g/mol. The van der Waals surface area contributed by atoms with Crippen LogP contribution in [0.1, 0.15) is 76.6 Å². The molecule has 0 aliphatic heterocycles. The number of benzene rings is 2. The lowest BCUT2D eigenvalue weighted by atomic mass is 9.79. The lowest BCUT2D eigenvalue weighted by Crippen LogP contribution is -2.14. The van der Waals surface area contributed by atoms with Crippen LogP contribution in [-0.2, 0) is 17.6 Å². The van der Waals surface area contributed by atoms with E-state index >= 15 is 0 Å². The number of rotatable bonds is 7. The highest BCUT2D eigenvalue weighted by Gasteiger charge is 2.24. The summed E-state index contributed by atoms with van der Waals surface area (Å²) < 4.78 is 4.95. The highest BCUT2D eigenvalue weighted by molar-refractivity contribution is 5.90. The normalized spacial score (nSPS) is 17.3. The fraction of sp³-hybridized carbons (Fsp3) is 0.379. The van der Waals surface area contributed by atoms with E-state index in [0.29, 0.717) is 11.5 Å². The molecule has 0 saturated heterocycles. The van der Waals surface area contributed by atoms with Gasteiger partial charge in [-0.15, -0.1) is 0 Å². The second-order valence-electron chi connectivity index (χ2n) is 9.46. The Morgan fingerprint density at radius 1 is 1.06 bits per heavy atom. The number of methoxy groups -OCH3 is 1. The van der Waals surface area contributed by atoms with E-state index in [1.165, 1.54) is 60.9 Å². The Labute approximate surface area is 196 Å². The van der Waals surface area contributed by atoms with Gasteiger partial charge in [-0.1, -0.05) is 18.2 Å². The zero-order chi connectivity index (χ0) is 22.8. The summed E-state index contributed by atoms with van der Waals surface area (Å²) >= 11 is 0. The Morgan fingerprint density at radius 2 is 1.85 bits per heavy atom. The third kappa shape index (κ3) is 4.66. The summed E-state index contributed by atoms with van der Waals surface area (Å²) in [7, 11) is 3.59. The highest BCUT2D eigenvalue weighted by Crippen LogP contribution is 2.41. The Bertz CT molecular complexity index is 1130. The summed E-state index contributed by atoms with van der Waals surface area (Å²) in [6.07, 6.45) is 11.5. The molecule has 2 aromatic carbocycles. The molecule has 0 unspecified atom stereocenters. The average molecular weight is 441 g/mol. The van der Waals surface area contributed by atoms with Crippen LogP contribution in [-0.4, -0.2) is 25.1 Å². The molecule has 4 nitrogen and oxygen atoms in total. The predicted octanol–water partition coefficient (Wildman–Crippen LogP) is 6.57. The van der Waals surface area contributed by atoms with Crippen molar-refractivity contribution >= 4 is 17.3 Å². The second kappa shape index (κ2) is 9.38. The average Bonchev–Trinajstić information content (AvgIpc) is 3.72. The molecule has 2 aliphatic carbocycles. The third-order valence-electron chi connectivity index (χ3n) is 7.35. The van der Waals surface area contributed by atoms with Gasteiger partial charge in [-0.2, -0.15) is 0 Å². The van der Waals surface area contributed by atoms with Crippen molar-refractivity contribution in [2.75, 3.05) is 19.1 Å². The molecule has 1 saturated carbocycles. The smallest absolute Gasteiger partial charge is 0.338 e. The minimum Gasteiger partial charge on any atom is -0.465 e. The Balaban J connectivity index is 1.31. The molecule has 1 aromatic heterocycles. The van der Waals surface area contributed by atoms with Crippen LogP contribution in [0.3, 0.4) is 0 Å². The van der Waals surface area contributed by atoms with Crippen LogP contribution < -0.4 is 4.90 Å². The number of ether oxygens (including phenoxy) is 1. The molecule has 170 valence electrons. The summed E-state index contributed by atoms with van der Waals surface area (Å²) in [6, 6.07) is 17.8. The first-order valence-electron chi connectivity index (χ1n) is 12.1. The molecule has 2 aliphatic rings. The fourth-order valence-corrected chi connectivity index (χ4v) is 5.21. The minimum absolute atomic E-state index is 0.283. The van der Waals surface area contributed by atoms with Crippen molar-refractivity contribution in [3.63, 3.8) is 0 Å². The first-order valence-corrected chi connectivity index (χ1v) is 12.1. The van der Waals surface area contributed by atoms with Crippen LogP contribution in [0.4, 0.5) is 11.4 Å². The zero-order valence-electron chi connectivity index (χ0n) is 19.6. The maximum atomic E-state index is 12.1. The molecule has 1 fully saturated rings. The summed E-state index contributed by atoms with van der Waals surface area (Å²) in [4.78, 5) is 18.6. The molecule has 0 N–H and O–H groups in total. The Kier molecular flexibility index (Phi) is 6.17. The number of esters is 1. The van der Waals surface area contributed by atoms with E-state index < -0.39 is 0 Å². The molecule has 3 aromatic rings. The van der Waals surface area contributed by atoms with Gasteiger partial charge in [0.15, 0.2) is 0 Å². The predicted molar refractivity (Wildman–Crippen MR) is 132 cm³/mol. The molecule has 0 spiro atoms.